The number of anilines is 1. The lowest BCUT2D eigenvalue weighted by atomic mass is 10.2. The molecule has 0 radical (unpaired) electrons. The van der Waals surface area contributed by atoms with E-state index >= 15 is 0 Å². The second kappa shape index (κ2) is 9.67. The Hall–Kier alpha value is -3.17. The molecule has 28 heavy (non-hydrogen) atoms. The number of carbonyl (C=O) groups is 3. The highest BCUT2D eigenvalue weighted by Gasteiger charge is 2.19. The Morgan fingerprint density at radius 2 is 1.64 bits per heavy atom. The molecule has 0 aliphatic rings. The number of amides is 3. The lowest BCUT2D eigenvalue weighted by Gasteiger charge is -2.09. The fourth-order valence-corrected chi connectivity index (χ4v) is 2.57. The number of carbonyl (C=O) groups excluding carboxylic acids is 3. The Bertz CT molecular complexity index is 936. The van der Waals surface area contributed by atoms with Gasteiger partial charge >= 0.3 is 0 Å². The van der Waals surface area contributed by atoms with Crippen molar-refractivity contribution in [1.29, 1.82) is 0 Å². The van der Waals surface area contributed by atoms with Crippen molar-refractivity contribution in [3.05, 3.63) is 68.2 Å². The summed E-state index contributed by atoms with van der Waals surface area (Å²) in [5, 5.41) is 14.1. The van der Waals surface area contributed by atoms with Crippen LogP contribution in [0.15, 0.2) is 42.5 Å². The first-order valence-corrected chi connectivity index (χ1v) is 8.61. The third-order valence-electron chi connectivity index (χ3n) is 3.45. The van der Waals surface area contributed by atoms with Crippen LogP contribution in [-0.4, -0.2) is 22.6 Å². The number of halogens is 2. The fraction of sp³-hybridized carbons (Fsp3) is 0.118. The van der Waals surface area contributed by atoms with E-state index in [4.69, 9.17) is 23.2 Å². The van der Waals surface area contributed by atoms with E-state index in [-0.39, 0.29) is 23.4 Å². The molecule has 0 saturated heterocycles. The summed E-state index contributed by atoms with van der Waals surface area (Å²) in [6, 6.07) is 9.83. The third-order valence-corrected chi connectivity index (χ3v) is 3.99. The molecule has 2 aromatic carbocycles. The molecule has 11 heteroatoms. The highest BCUT2D eigenvalue weighted by Crippen LogP contribution is 2.25. The number of nitro groups is 1. The average Bonchev–Trinajstić information content (AvgIpc) is 2.66. The van der Waals surface area contributed by atoms with Crippen molar-refractivity contribution in [3.8, 4) is 0 Å². The second-order valence-electron chi connectivity index (χ2n) is 5.45. The SMILES string of the molecule is O=C(CCC(=O)Nc1ccc(Cl)cc1Cl)NNC(=O)c1ccccc1[N+](=O)[O-]. The maximum absolute atomic E-state index is 12.0. The number of hydrazine groups is 1. The largest absolute Gasteiger partial charge is 0.325 e. The van der Waals surface area contributed by atoms with E-state index in [1.54, 1.807) is 6.07 Å². The molecular formula is C17H14Cl2N4O5. The molecule has 3 amide bonds. The molecule has 0 aliphatic heterocycles. The quantitative estimate of drug-likeness (QED) is 0.484. The maximum Gasteiger partial charge on any atom is 0.282 e. The van der Waals surface area contributed by atoms with Crippen LogP contribution in [-0.2, 0) is 9.59 Å². The van der Waals surface area contributed by atoms with E-state index in [9.17, 15) is 24.5 Å². The van der Waals surface area contributed by atoms with E-state index in [1.807, 2.05) is 0 Å². The van der Waals surface area contributed by atoms with E-state index in [1.165, 1.54) is 36.4 Å². The lowest BCUT2D eigenvalue weighted by molar-refractivity contribution is -0.385. The van der Waals surface area contributed by atoms with Crippen LogP contribution in [0, 0.1) is 10.1 Å². The number of benzene rings is 2. The van der Waals surface area contributed by atoms with Gasteiger partial charge in [-0.15, -0.1) is 0 Å². The number of hydrogen-bond acceptors (Lipinski definition) is 5. The smallest absolute Gasteiger partial charge is 0.282 e. The molecule has 0 heterocycles. The monoisotopic (exact) mass is 424 g/mol. The van der Waals surface area contributed by atoms with E-state index in [2.05, 4.69) is 16.2 Å². The Morgan fingerprint density at radius 3 is 2.32 bits per heavy atom. The number of rotatable bonds is 6. The highest BCUT2D eigenvalue weighted by atomic mass is 35.5. The summed E-state index contributed by atoms with van der Waals surface area (Å²) < 4.78 is 0. The standard InChI is InChI=1S/C17H14Cl2N4O5/c18-10-5-6-13(12(19)9-10)20-15(24)7-8-16(25)21-22-17(26)11-3-1-2-4-14(11)23(27)28/h1-6,9H,7-8H2,(H,20,24)(H,21,25)(H,22,26). The average molecular weight is 425 g/mol. The van der Waals surface area contributed by atoms with Crippen LogP contribution in [0.3, 0.4) is 0 Å². The van der Waals surface area contributed by atoms with Gasteiger partial charge in [0.05, 0.1) is 15.6 Å². The molecule has 0 fully saturated rings. The van der Waals surface area contributed by atoms with Gasteiger partial charge in [-0.3, -0.25) is 35.3 Å². The van der Waals surface area contributed by atoms with Crippen molar-refractivity contribution in [1.82, 2.24) is 10.9 Å². The van der Waals surface area contributed by atoms with Gasteiger partial charge in [-0.05, 0) is 24.3 Å². The van der Waals surface area contributed by atoms with Crippen LogP contribution in [0.2, 0.25) is 10.0 Å². The van der Waals surface area contributed by atoms with Crippen LogP contribution in [0.5, 0.6) is 0 Å². The molecule has 0 bridgehead atoms. The molecule has 0 aliphatic carbocycles. The third kappa shape index (κ3) is 5.93. The fourth-order valence-electron chi connectivity index (χ4n) is 2.11. The van der Waals surface area contributed by atoms with Gasteiger partial charge in [0.1, 0.15) is 5.56 Å². The molecule has 2 aromatic rings. The normalized spacial score (nSPS) is 10.1. The summed E-state index contributed by atoms with van der Waals surface area (Å²) in [5.74, 6) is -1.97. The predicted octanol–water partition coefficient (Wildman–Crippen LogP) is 3.08. The highest BCUT2D eigenvalue weighted by molar-refractivity contribution is 6.36. The first kappa shape index (κ1) is 21.1. The van der Waals surface area contributed by atoms with Crippen molar-refractivity contribution in [2.75, 3.05) is 5.32 Å². The molecule has 3 N–H and O–H groups in total. The molecule has 0 spiro atoms. The molecule has 146 valence electrons. The van der Waals surface area contributed by atoms with E-state index in [0.29, 0.717) is 10.7 Å². The first-order valence-electron chi connectivity index (χ1n) is 7.85. The van der Waals surface area contributed by atoms with Gasteiger partial charge in [-0.25, -0.2) is 0 Å². The topological polar surface area (TPSA) is 130 Å². The molecule has 0 aromatic heterocycles. The van der Waals surface area contributed by atoms with Crippen molar-refractivity contribution < 1.29 is 19.3 Å². The first-order chi connectivity index (χ1) is 13.3. The van der Waals surface area contributed by atoms with Gasteiger partial charge in [0.2, 0.25) is 11.8 Å². The van der Waals surface area contributed by atoms with Crippen LogP contribution in [0.4, 0.5) is 11.4 Å². The summed E-state index contributed by atoms with van der Waals surface area (Å²) in [4.78, 5) is 45.9. The van der Waals surface area contributed by atoms with Crippen LogP contribution in [0.1, 0.15) is 23.2 Å². The summed E-state index contributed by atoms with van der Waals surface area (Å²) in [6.07, 6.45) is -0.402. The molecule has 0 saturated carbocycles. The number of nitrogens with one attached hydrogen (secondary N) is 3. The minimum Gasteiger partial charge on any atom is -0.325 e. The van der Waals surface area contributed by atoms with Crippen molar-refractivity contribution in [2.45, 2.75) is 12.8 Å². The van der Waals surface area contributed by atoms with Crippen LogP contribution >= 0.6 is 23.2 Å². The molecule has 0 atom stereocenters. The number of nitrogens with zero attached hydrogens (tertiary/aromatic N) is 1. The van der Waals surface area contributed by atoms with Gasteiger partial charge in [0.25, 0.3) is 11.6 Å². The summed E-state index contributed by atoms with van der Waals surface area (Å²) in [6.45, 7) is 0. The Morgan fingerprint density at radius 1 is 0.964 bits per heavy atom. The van der Waals surface area contributed by atoms with Gasteiger partial charge in [-0.1, -0.05) is 35.3 Å². The van der Waals surface area contributed by atoms with Gasteiger partial charge < -0.3 is 5.32 Å². The molecular weight excluding hydrogens is 411 g/mol. The summed E-state index contributed by atoms with van der Waals surface area (Å²) in [5.41, 5.74) is 3.92. The van der Waals surface area contributed by atoms with E-state index < -0.39 is 28.3 Å². The van der Waals surface area contributed by atoms with Crippen LogP contribution in [0.25, 0.3) is 0 Å². The molecule has 9 nitrogen and oxygen atoms in total. The maximum atomic E-state index is 12.0. The van der Waals surface area contributed by atoms with Gasteiger partial charge in [0.15, 0.2) is 0 Å². The van der Waals surface area contributed by atoms with Crippen molar-refractivity contribution in [3.63, 3.8) is 0 Å². The Kier molecular flexibility index (Phi) is 7.30. The lowest BCUT2D eigenvalue weighted by Crippen LogP contribution is -2.42. The number of hydrogen-bond donors (Lipinski definition) is 3. The van der Waals surface area contributed by atoms with Gasteiger partial charge in [-0.2, -0.15) is 0 Å². The minimum atomic E-state index is -0.849. The predicted molar refractivity (Wildman–Crippen MR) is 103 cm³/mol. The number of nitro benzene ring substituents is 1. The summed E-state index contributed by atoms with van der Waals surface area (Å²) in [7, 11) is 0. The minimum absolute atomic E-state index is 0.174. The second-order valence-corrected chi connectivity index (χ2v) is 6.29. The van der Waals surface area contributed by atoms with Crippen molar-refractivity contribution >= 4 is 52.3 Å². The van der Waals surface area contributed by atoms with E-state index in [0.717, 1.165) is 0 Å². The van der Waals surface area contributed by atoms with Crippen LogP contribution < -0.4 is 16.2 Å². The van der Waals surface area contributed by atoms with Gasteiger partial charge in [0, 0.05) is 23.9 Å². The zero-order valence-electron chi connectivity index (χ0n) is 14.2. The molecule has 2 rings (SSSR count). The zero-order chi connectivity index (χ0) is 20.7. The zero-order valence-corrected chi connectivity index (χ0v) is 15.7. The Labute approximate surface area is 169 Å². The molecule has 0 unspecified atom stereocenters. The summed E-state index contributed by atoms with van der Waals surface area (Å²) >= 11 is 11.7. The van der Waals surface area contributed by atoms with Crippen molar-refractivity contribution in [2.24, 2.45) is 0 Å². The Balaban J connectivity index is 1.82. The number of para-hydroxylation sites is 1.